The number of hydrogen-bond donors (Lipinski definition) is 0. The van der Waals surface area contributed by atoms with Gasteiger partial charge in [0.05, 0.1) is 0 Å². The summed E-state index contributed by atoms with van der Waals surface area (Å²) >= 11 is 2.23. The second-order valence-electron chi connectivity index (χ2n) is 1.22. The Morgan fingerprint density at radius 2 is 1.88 bits per heavy atom. The molecule has 0 aromatic carbocycles. The molecule has 0 atom stereocenters. The van der Waals surface area contributed by atoms with Crippen LogP contribution in [0, 0.1) is 0 Å². The van der Waals surface area contributed by atoms with E-state index >= 15 is 0 Å². The fourth-order valence-corrected chi connectivity index (χ4v) is 0.394. The van der Waals surface area contributed by atoms with Crippen LogP contribution in [0.15, 0.2) is 0 Å². The van der Waals surface area contributed by atoms with Crippen LogP contribution in [0.5, 0.6) is 0 Å². The predicted molar refractivity (Wildman–Crippen MR) is 26.6 cm³/mol. The molecule has 0 spiro atoms. The molecule has 0 aliphatic rings. The molecule has 48 valence electrons. The molecular formula is C4H9AlCl2O. The number of hydrogen-bond acceptors (Lipinski definition) is 1. The molecule has 0 rings (SSSR count). The van der Waals surface area contributed by atoms with Crippen molar-refractivity contribution in [2.45, 2.75) is 19.8 Å². The first-order valence-electron chi connectivity index (χ1n) is 2.23. The van der Waals surface area contributed by atoms with Crippen molar-refractivity contribution in [2.75, 3.05) is 6.61 Å². The largest absolute Gasteiger partial charge is 1.00 e. The Morgan fingerprint density at radius 1 is 1.38 bits per heavy atom. The molecule has 0 unspecified atom stereocenters. The van der Waals surface area contributed by atoms with E-state index in [1.54, 1.807) is 0 Å². The average molecular weight is 171 g/mol. The summed E-state index contributed by atoms with van der Waals surface area (Å²) in [4.78, 5) is 0. The van der Waals surface area contributed by atoms with Gasteiger partial charge in [-0.1, -0.05) is 0 Å². The van der Waals surface area contributed by atoms with Crippen LogP contribution in [0.25, 0.3) is 0 Å². The molecule has 0 aliphatic carbocycles. The Morgan fingerprint density at radius 3 is 2.00 bits per heavy atom. The van der Waals surface area contributed by atoms with Crippen molar-refractivity contribution < 1.29 is 28.6 Å². The van der Waals surface area contributed by atoms with Gasteiger partial charge in [-0.3, -0.25) is 0 Å². The van der Waals surface area contributed by atoms with E-state index in [1.807, 2.05) is 0 Å². The molecule has 0 bridgehead atoms. The van der Waals surface area contributed by atoms with E-state index < -0.39 is 0 Å². The normalized spacial score (nSPS) is 6.88. The fraction of sp³-hybridized carbons (Fsp3) is 1.00. The minimum atomic E-state index is 0. The molecule has 0 amide bonds. The molecule has 0 N–H and O–H groups in total. The summed E-state index contributed by atoms with van der Waals surface area (Å²) in [6.07, 6.45) is 2.39. The van der Waals surface area contributed by atoms with Crippen LogP contribution >= 0.6 is 0 Å². The van der Waals surface area contributed by atoms with Crippen molar-refractivity contribution in [3.05, 3.63) is 0 Å². The van der Waals surface area contributed by atoms with Crippen LogP contribution in [0.4, 0.5) is 0 Å². The SMILES string of the molecule is CCCC[O][Al+2].[Cl-].[Cl-]. The third-order valence-corrected chi connectivity index (χ3v) is 0.851. The molecule has 0 aromatic heterocycles. The summed E-state index contributed by atoms with van der Waals surface area (Å²) in [6.45, 7) is 3.02. The van der Waals surface area contributed by atoms with Crippen molar-refractivity contribution in [1.82, 2.24) is 0 Å². The Hall–Kier alpha value is 1.07. The van der Waals surface area contributed by atoms with Gasteiger partial charge in [-0.25, -0.2) is 0 Å². The molecule has 0 aromatic rings. The van der Waals surface area contributed by atoms with Crippen molar-refractivity contribution >= 4 is 16.6 Å². The molecule has 4 heteroatoms. The first kappa shape index (κ1) is 16.0. The van der Waals surface area contributed by atoms with Crippen molar-refractivity contribution in [2.24, 2.45) is 0 Å². The predicted octanol–water partition coefficient (Wildman–Crippen LogP) is -5.11. The first-order valence-corrected chi connectivity index (χ1v) is 2.70. The van der Waals surface area contributed by atoms with Gasteiger partial charge in [-0.05, 0) is 0 Å². The molecule has 1 nitrogen and oxygen atoms in total. The Bertz CT molecular complexity index is 26.0. The molecule has 0 saturated heterocycles. The van der Waals surface area contributed by atoms with Gasteiger partial charge in [0.2, 0.25) is 0 Å². The van der Waals surface area contributed by atoms with E-state index in [0.717, 1.165) is 6.61 Å². The van der Waals surface area contributed by atoms with Crippen molar-refractivity contribution in [1.29, 1.82) is 0 Å². The van der Waals surface area contributed by atoms with E-state index in [4.69, 9.17) is 3.79 Å². The fourth-order valence-electron chi connectivity index (χ4n) is 0.228. The zero-order chi connectivity index (χ0) is 4.83. The molecule has 0 heterocycles. The Balaban J connectivity index is -0.000000125. The number of halogens is 2. The second-order valence-corrected chi connectivity index (χ2v) is 1.56. The zero-order valence-electron chi connectivity index (χ0n) is 4.86. The van der Waals surface area contributed by atoms with E-state index in [1.165, 1.54) is 12.8 Å². The van der Waals surface area contributed by atoms with Gasteiger partial charge in [0.15, 0.2) is 0 Å². The van der Waals surface area contributed by atoms with Crippen LogP contribution in [0.1, 0.15) is 19.8 Å². The first-order chi connectivity index (χ1) is 2.91. The average Bonchev–Trinajstić information content (AvgIpc) is 1.61. The topological polar surface area (TPSA) is 9.23 Å². The van der Waals surface area contributed by atoms with Crippen molar-refractivity contribution in [3.63, 3.8) is 0 Å². The summed E-state index contributed by atoms with van der Waals surface area (Å²) < 4.78 is 4.70. The number of unbranched alkanes of at least 4 members (excludes halogenated alkanes) is 1. The Labute approximate surface area is 71.8 Å². The van der Waals surface area contributed by atoms with Gasteiger partial charge in [0.1, 0.15) is 0 Å². The molecule has 0 aliphatic heterocycles. The van der Waals surface area contributed by atoms with Crippen LogP contribution in [0.2, 0.25) is 0 Å². The zero-order valence-corrected chi connectivity index (χ0v) is 7.53. The van der Waals surface area contributed by atoms with E-state index in [2.05, 4.69) is 23.5 Å². The van der Waals surface area contributed by atoms with Gasteiger partial charge >= 0.3 is 46.8 Å². The molecular weight excluding hydrogens is 162 g/mol. The van der Waals surface area contributed by atoms with Crippen LogP contribution in [-0.4, -0.2) is 23.2 Å². The third kappa shape index (κ3) is 15.7. The number of rotatable bonds is 3. The third-order valence-electron chi connectivity index (χ3n) is 0.616. The maximum Gasteiger partial charge on any atom is -1.00 e. The summed E-state index contributed by atoms with van der Waals surface area (Å²) in [6, 6.07) is 0. The van der Waals surface area contributed by atoms with E-state index in [0.29, 0.717) is 0 Å². The molecule has 0 saturated carbocycles. The summed E-state index contributed by atoms with van der Waals surface area (Å²) in [5, 5.41) is 0. The minimum Gasteiger partial charge on any atom is -1.00 e. The second kappa shape index (κ2) is 15.7. The molecule has 0 radical (unpaired) electrons. The quantitative estimate of drug-likeness (QED) is 0.305. The van der Waals surface area contributed by atoms with Gasteiger partial charge in [0, 0.05) is 0 Å². The standard InChI is InChI=1S/C4H9O.Al.2ClH/c1-2-3-4-5;;;/h2-4H2,1H3;;2*1H/q-1;+3;;/p-2. The van der Waals surface area contributed by atoms with E-state index in [-0.39, 0.29) is 24.8 Å². The Kier molecular flexibility index (Phi) is 31.5. The van der Waals surface area contributed by atoms with Gasteiger partial charge in [-0.15, -0.1) is 0 Å². The minimum absolute atomic E-state index is 0. The summed E-state index contributed by atoms with van der Waals surface area (Å²) in [7, 11) is 0. The van der Waals surface area contributed by atoms with E-state index in [9.17, 15) is 0 Å². The summed E-state index contributed by atoms with van der Waals surface area (Å²) in [5.74, 6) is 0. The smallest absolute Gasteiger partial charge is 1.00 e. The van der Waals surface area contributed by atoms with Gasteiger partial charge < -0.3 is 24.8 Å². The van der Waals surface area contributed by atoms with Crippen molar-refractivity contribution in [3.8, 4) is 0 Å². The maximum absolute atomic E-state index is 4.70. The summed E-state index contributed by atoms with van der Waals surface area (Å²) in [5.41, 5.74) is 0. The van der Waals surface area contributed by atoms with Crippen LogP contribution < -0.4 is 24.8 Å². The van der Waals surface area contributed by atoms with Gasteiger partial charge in [0.25, 0.3) is 0 Å². The van der Waals surface area contributed by atoms with Gasteiger partial charge in [-0.2, -0.15) is 0 Å². The molecule has 8 heavy (non-hydrogen) atoms. The monoisotopic (exact) mass is 170 g/mol. The van der Waals surface area contributed by atoms with Crippen LogP contribution in [-0.2, 0) is 3.79 Å². The molecule has 0 fully saturated rings. The maximum atomic E-state index is 4.70. The van der Waals surface area contributed by atoms with Crippen LogP contribution in [0.3, 0.4) is 0 Å².